The van der Waals surface area contributed by atoms with Crippen LogP contribution in [0.2, 0.25) is 0 Å². The van der Waals surface area contributed by atoms with Gasteiger partial charge in [0.15, 0.2) is 5.96 Å². The minimum Gasteiger partial charge on any atom is -0.481 e. The molecule has 0 bridgehead atoms. The van der Waals surface area contributed by atoms with Gasteiger partial charge in [-0.3, -0.25) is 24.7 Å². The van der Waals surface area contributed by atoms with Gasteiger partial charge in [0.05, 0.1) is 0 Å². The molecule has 0 aromatic carbocycles. The molecule has 10 heteroatoms. The summed E-state index contributed by atoms with van der Waals surface area (Å²) in [4.78, 5) is 36.2. The standard InChI is InChI=1S/C11H20N4O6/c12-11(13)14-5-1-2-6(9(18)19)15-7(10(20)21)3-4-8(16)17/h6-7,15H,1-5H2,(H,16,17)(H,18,19)(H,20,21)(H4,12,13,14)/t6-,7+/m1/s1. The van der Waals surface area contributed by atoms with E-state index in [0.717, 1.165) is 0 Å². The molecule has 120 valence electrons. The van der Waals surface area contributed by atoms with Gasteiger partial charge in [0.2, 0.25) is 0 Å². The Balaban J connectivity index is 4.49. The maximum absolute atomic E-state index is 11.1. The first kappa shape index (κ1) is 18.6. The van der Waals surface area contributed by atoms with Gasteiger partial charge in [-0.1, -0.05) is 0 Å². The maximum atomic E-state index is 11.1. The molecular weight excluding hydrogens is 284 g/mol. The fraction of sp³-hybridized carbons (Fsp3) is 0.636. The first-order chi connectivity index (χ1) is 9.73. The van der Waals surface area contributed by atoms with Gasteiger partial charge in [0.25, 0.3) is 0 Å². The molecule has 2 atom stereocenters. The molecule has 10 nitrogen and oxygen atoms in total. The number of carbonyl (C=O) groups is 3. The molecule has 0 spiro atoms. The number of aliphatic imine (C=N–C) groups is 1. The monoisotopic (exact) mass is 304 g/mol. The lowest BCUT2D eigenvalue weighted by Crippen LogP contribution is -2.47. The molecule has 0 fully saturated rings. The van der Waals surface area contributed by atoms with E-state index < -0.39 is 30.0 Å². The van der Waals surface area contributed by atoms with Crippen molar-refractivity contribution in [1.29, 1.82) is 0 Å². The zero-order chi connectivity index (χ0) is 16.4. The molecule has 0 aliphatic heterocycles. The Morgan fingerprint density at radius 2 is 1.52 bits per heavy atom. The largest absolute Gasteiger partial charge is 0.481 e. The maximum Gasteiger partial charge on any atom is 0.320 e. The predicted molar refractivity (Wildman–Crippen MR) is 72.8 cm³/mol. The molecular formula is C11H20N4O6. The van der Waals surface area contributed by atoms with Crippen LogP contribution in [-0.4, -0.2) is 57.8 Å². The van der Waals surface area contributed by atoms with Gasteiger partial charge in [-0.2, -0.15) is 0 Å². The number of nitrogens with one attached hydrogen (secondary N) is 1. The van der Waals surface area contributed by atoms with Crippen LogP contribution in [0.5, 0.6) is 0 Å². The number of carboxylic acids is 3. The van der Waals surface area contributed by atoms with Crippen LogP contribution >= 0.6 is 0 Å². The highest BCUT2D eigenvalue weighted by molar-refractivity contribution is 5.78. The Kier molecular flexibility index (Phi) is 8.46. The van der Waals surface area contributed by atoms with Crippen molar-refractivity contribution in [2.24, 2.45) is 16.5 Å². The van der Waals surface area contributed by atoms with Crippen molar-refractivity contribution < 1.29 is 29.7 Å². The first-order valence-corrected chi connectivity index (χ1v) is 6.23. The van der Waals surface area contributed by atoms with Crippen molar-refractivity contribution in [3.63, 3.8) is 0 Å². The van der Waals surface area contributed by atoms with Crippen molar-refractivity contribution in [2.75, 3.05) is 6.54 Å². The average Bonchev–Trinajstić information content (AvgIpc) is 2.35. The molecule has 0 amide bonds. The summed E-state index contributed by atoms with van der Waals surface area (Å²) < 4.78 is 0. The molecule has 0 aromatic heterocycles. The molecule has 0 aliphatic carbocycles. The van der Waals surface area contributed by atoms with Crippen LogP contribution in [-0.2, 0) is 14.4 Å². The minimum atomic E-state index is -1.30. The lowest BCUT2D eigenvalue weighted by molar-refractivity contribution is -0.143. The third kappa shape index (κ3) is 9.21. The zero-order valence-electron chi connectivity index (χ0n) is 11.4. The van der Waals surface area contributed by atoms with E-state index in [-0.39, 0.29) is 31.8 Å². The lowest BCUT2D eigenvalue weighted by Gasteiger charge is -2.19. The van der Waals surface area contributed by atoms with E-state index in [1.807, 2.05) is 0 Å². The van der Waals surface area contributed by atoms with E-state index >= 15 is 0 Å². The minimum absolute atomic E-state index is 0.111. The summed E-state index contributed by atoms with van der Waals surface area (Å²) in [6, 6.07) is -2.36. The van der Waals surface area contributed by atoms with Crippen LogP contribution in [0.25, 0.3) is 0 Å². The SMILES string of the molecule is NC(N)=NCCC[C@@H](N[C@@H](CCC(=O)O)C(=O)O)C(=O)O. The predicted octanol–water partition coefficient (Wildman–Crippen LogP) is -1.60. The molecule has 0 saturated carbocycles. The zero-order valence-corrected chi connectivity index (χ0v) is 11.4. The summed E-state index contributed by atoms with van der Waals surface area (Å²) in [6.45, 7) is 0.223. The van der Waals surface area contributed by atoms with E-state index in [2.05, 4.69) is 10.3 Å². The number of carboxylic acid groups (broad SMARTS) is 3. The molecule has 0 rings (SSSR count). The van der Waals surface area contributed by atoms with Crippen LogP contribution in [0.1, 0.15) is 25.7 Å². The quantitative estimate of drug-likeness (QED) is 0.148. The fourth-order valence-corrected chi connectivity index (χ4v) is 1.57. The first-order valence-electron chi connectivity index (χ1n) is 6.23. The molecule has 0 saturated heterocycles. The van der Waals surface area contributed by atoms with Gasteiger partial charge in [-0.15, -0.1) is 0 Å². The van der Waals surface area contributed by atoms with E-state index in [4.69, 9.17) is 26.8 Å². The van der Waals surface area contributed by atoms with Crippen LogP contribution in [0.15, 0.2) is 4.99 Å². The summed E-state index contributed by atoms with van der Waals surface area (Å²) in [7, 11) is 0. The van der Waals surface area contributed by atoms with Crippen LogP contribution in [0.3, 0.4) is 0 Å². The number of rotatable bonds is 11. The Hall–Kier alpha value is -2.36. The lowest BCUT2D eigenvalue weighted by atomic mass is 10.1. The highest BCUT2D eigenvalue weighted by Gasteiger charge is 2.25. The highest BCUT2D eigenvalue weighted by Crippen LogP contribution is 2.05. The van der Waals surface area contributed by atoms with Gasteiger partial charge in [-0.05, 0) is 19.3 Å². The number of guanidine groups is 1. The molecule has 8 N–H and O–H groups in total. The Bertz CT molecular complexity index is 408. The molecule has 0 unspecified atom stereocenters. The van der Waals surface area contributed by atoms with Crippen molar-refractivity contribution in [1.82, 2.24) is 5.32 Å². The van der Waals surface area contributed by atoms with Gasteiger partial charge in [0.1, 0.15) is 12.1 Å². The molecule has 0 radical (unpaired) electrons. The van der Waals surface area contributed by atoms with Crippen molar-refractivity contribution >= 4 is 23.9 Å². The van der Waals surface area contributed by atoms with Crippen molar-refractivity contribution in [2.45, 2.75) is 37.8 Å². The number of nitrogens with zero attached hydrogens (tertiary/aromatic N) is 1. The molecule has 0 heterocycles. The number of aliphatic carboxylic acids is 3. The summed E-state index contributed by atoms with van der Waals surface area (Å²) in [5.74, 6) is -3.78. The smallest absolute Gasteiger partial charge is 0.320 e. The molecule has 0 aromatic rings. The number of hydrogen-bond acceptors (Lipinski definition) is 5. The average molecular weight is 304 g/mol. The van der Waals surface area contributed by atoms with Crippen molar-refractivity contribution in [3.05, 3.63) is 0 Å². The summed E-state index contributed by atoms with van der Waals surface area (Å²) in [5, 5.41) is 29.0. The van der Waals surface area contributed by atoms with E-state index in [0.29, 0.717) is 6.42 Å². The van der Waals surface area contributed by atoms with Gasteiger partial charge in [0, 0.05) is 13.0 Å². The second kappa shape index (κ2) is 9.53. The van der Waals surface area contributed by atoms with Crippen LogP contribution in [0.4, 0.5) is 0 Å². The Morgan fingerprint density at radius 3 is 1.95 bits per heavy atom. The Morgan fingerprint density at radius 1 is 1.00 bits per heavy atom. The third-order valence-electron chi connectivity index (χ3n) is 2.59. The van der Waals surface area contributed by atoms with Crippen LogP contribution < -0.4 is 16.8 Å². The van der Waals surface area contributed by atoms with E-state index in [9.17, 15) is 14.4 Å². The number of hydrogen-bond donors (Lipinski definition) is 6. The van der Waals surface area contributed by atoms with Gasteiger partial charge < -0.3 is 26.8 Å². The molecule has 21 heavy (non-hydrogen) atoms. The fourth-order valence-electron chi connectivity index (χ4n) is 1.57. The summed E-state index contributed by atoms with van der Waals surface area (Å²) in [5.41, 5.74) is 10.2. The van der Waals surface area contributed by atoms with E-state index in [1.165, 1.54) is 0 Å². The Labute approximate surface area is 120 Å². The number of nitrogens with two attached hydrogens (primary N) is 2. The summed E-state index contributed by atoms with van der Waals surface area (Å²) in [6.07, 6.45) is -0.122. The summed E-state index contributed by atoms with van der Waals surface area (Å²) >= 11 is 0. The normalized spacial score (nSPS) is 13.1. The van der Waals surface area contributed by atoms with Crippen molar-refractivity contribution in [3.8, 4) is 0 Å². The third-order valence-corrected chi connectivity index (χ3v) is 2.59. The topological polar surface area (TPSA) is 188 Å². The van der Waals surface area contributed by atoms with Crippen LogP contribution in [0, 0.1) is 0 Å². The molecule has 0 aliphatic rings. The van der Waals surface area contributed by atoms with E-state index in [1.54, 1.807) is 0 Å². The highest BCUT2D eigenvalue weighted by atomic mass is 16.4. The van der Waals surface area contributed by atoms with Gasteiger partial charge >= 0.3 is 17.9 Å². The second-order valence-corrected chi connectivity index (χ2v) is 4.33. The second-order valence-electron chi connectivity index (χ2n) is 4.33. The van der Waals surface area contributed by atoms with Gasteiger partial charge in [-0.25, -0.2) is 0 Å².